The number of rotatable bonds is 2. The summed E-state index contributed by atoms with van der Waals surface area (Å²) in [5, 5.41) is -0.0770. The second kappa shape index (κ2) is 7.25. The Labute approximate surface area is 102 Å². The molecule has 4 heteroatoms. The van der Waals surface area contributed by atoms with Gasteiger partial charge >= 0.3 is 5.97 Å². The molecule has 47 valence electrons. The average Bonchev–Trinajstić information content (AvgIpc) is 1.67. The van der Waals surface area contributed by atoms with Crippen LogP contribution in [0.5, 0.6) is 0 Å². The number of esters is 1. The monoisotopic (exact) mass is 173 g/mol. The van der Waals surface area contributed by atoms with E-state index >= 15 is 0 Å². The minimum Gasteiger partial charge on any atom is -0.462 e. The molecule has 1 radical (unpaired) electrons. The van der Waals surface area contributed by atoms with Gasteiger partial charge < -0.3 is 4.74 Å². The van der Waals surface area contributed by atoms with Crippen molar-refractivity contribution in [2.45, 2.75) is 6.92 Å². The van der Waals surface area contributed by atoms with Crippen LogP contribution in [0.4, 0.5) is 0 Å². The molecule has 0 saturated carbocycles. The Morgan fingerprint density at radius 3 is 2.33 bits per heavy atom. The minimum absolute atomic E-state index is 0. The molecule has 0 fully saturated rings. The summed E-state index contributed by atoms with van der Waals surface area (Å²) >= 11 is 5.14. The van der Waals surface area contributed by atoms with Crippen LogP contribution in [0.25, 0.3) is 0 Å². The molecule has 0 N–H and O–H groups in total. The Hall–Kier alpha value is 1.14. The minimum atomic E-state index is -0.547. The third-order valence-electron chi connectivity index (χ3n) is 0.497. The first-order valence-corrected chi connectivity index (χ1v) is 2.57. The molecule has 0 aliphatic carbocycles. The van der Waals surface area contributed by atoms with Crippen LogP contribution in [0.2, 0.25) is 0 Å². The standard InChI is InChI=1S/C5H7ClO2.K/c1-3-8-5(7)4(2)6;/h2-3H2,1H3;. The Morgan fingerprint density at radius 2 is 2.22 bits per heavy atom. The zero-order valence-electron chi connectivity index (χ0n) is 5.61. The van der Waals surface area contributed by atoms with Crippen LogP contribution in [0.15, 0.2) is 11.6 Å². The quantitative estimate of drug-likeness (QED) is 0.353. The van der Waals surface area contributed by atoms with E-state index in [-0.39, 0.29) is 56.4 Å². The van der Waals surface area contributed by atoms with Gasteiger partial charge in [0.05, 0.1) is 6.61 Å². The zero-order valence-corrected chi connectivity index (χ0v) is 9.49. The van der Waals surface area contributed by atoms with Gasteiger partial charge in [0.25, 0.3) is 0 Å². The molecule has 0 aliphatic heterocycles. The second-order valence-electron chi connectivity index (χ2n) is 1.13. The fourth-order valence-corrected chi connectivity index (χ4v) is 0.264. The summed E-state index contributed by atoms with van der Waals surface area (Å²) in [5.74, 6) is -0.547. The van der Waals surface area contributed by atoms with Gasteiger partial charge in [-0.2, -0.15) is 0 Å². The molecule has 0 aromatic heterocycles. The number of carbonyl (C=O) groups is 1. The maximum atomic E-state index is 10.3. The van der Waals surface area contributed by atoms with E-state index < -0.39 is 5.97 Å². The van der Waals surface area contributed by atoms with Crippen LogP contribution in [-0.2, 0) is 9.53 Å². The largest absolute Gasteiger partial charge is 0.462 e. The molecule has 0 heterocycles. The number of halogens is 1. The van der Waals surface area contributed by atoms with Gasteiger partial charge in [0, 0.05) is 51.4 Å². The third-order valence-corrected chi connectivity index (χ3v) is 0.651. The predicted molar refractivity (Wildman–Crippen MR) is 37.4 cm³/mol. The third kappa shape index (κ3) is 7.03. The molecule has 0 rings (SSSR count). The molecule has 0 spiro atoms. The fraction of sp³-hybridized carbons (Fsp3) is 0.400. The molecule has 0 bridgehead atoms. The molecular weight excluding hydrogens is 167 g/mol. The summed E-state index contributed by atoms with van der Waals surface area (Å²) in [5.41, 5.74) is 0. The van der Waals surface area contributed by atoms with Crippen LogP contribution in [0, 0.1) is 0 Å². The van der Waals surface area contributed by atoms with Gasteiger partial charge in [-0.3, -0.25) is 0 Å². The second-order valence-corrected chi connectivity index (χ2v) is 1.58. The van der Waals surface area contributed by atoms with Crippen molar-refractivity contribution in [1.82, 2.24) is 0 Å². The van der Waals surface area contributed by atoms with Gasteiger partial charge in [0.1, 0.15) is 5.03 Å². The SMILES string of the molecule is C=C(Cl)C(=O)OCC.[K]. The summed E-state index contributed by atoms with van der Waals surface area (Å²) in [6, 6.07) is 0. The predicted octanol–water partition coefficient (Wildman–Crippen LogP) is 0.921. The van der Waals surface area contributed by atoms with Crippen molar-refractivity contribution in [3.63, 3.8) is 0 Å². The Morgan fingerprint density at radius 1 is 1.78 bits per heavy atom. The van der Waals surface area contributed by atoms with E-state index in [0.717, 1.165) is 0 Å². The molecule has 9 heavy (non-hydrogen) atoms. The molecule has 0 saturated heterocycles. The molecule has 0 amide bonds. The molecule has 2 nitrogen and oxygen atoms in total. The van der Waals surface area contributed by atoms with Crippen molar-refractivity contribution in [3.8, 4) is 0 Å². The molecule has 0 aromatic carbocycles. The van der Waals surface area contributed by atoms with Crippen molar-refractivity contribution >= 4 is 69.0 Å². The van der Waals surface area contributed by atoms with E-state index in [1.807, 2.05) is 0 Å². The average molecular weight is 174 g/mol. The summed E-state index contributed by atoms with van der Waals surface area (Å²) in [7, 11) is 0. The summed E-state index contributed by atoms with van der Waals surface area (Å²) in [6.07, 6.45) is 0. The van der Waals surface area contributed by atoms with Gasteiger partial charge in [-0.1, -0.05) is 18.2 Å². The van der Waals surface area contributed by atoms with E-state index in [4.69, 9.17) is 11.6 Å². The van der Waals surface area contributed by atoms with E-state index in [9.17, 15) is 4.79 Å². The molecular formula is C5H7ClKO2. The number of hydrogen-bond acceptors (Lipinski definition) is 2. The smallest absolute Gasteiger partial charge is 0.349 e. The number of ether oxygens (including phenoxy) is 1. The van der Waals surface area contributed by atoms with Crippen LogP contribution in [-0.4, -0.2) is 64.0 Å². The molecule has 0 aliphatic rings. The summed E-state index contributed by atoms with van der Waals surface area (Å²) < 4.78 is 4.43. The Balaban J connectivity index is 0. The van der Waals surface area contributed by atoms with Gasteiger partial charge in [0.15, 0.2) is 0 Å². The zero-order chi connectivity index (χ0) is 6.57. The molecule has 0 unspecified atom stereocenters. The van der Waals surface area contributed by atoms with Crippen molar-refractivity contribution in [2.24, 2.45) is 0 Å². The topological polar surface area (TPSA) is 26.3 Å². The van der Waals surface area contributed by atoms with Gasteiger partial charge in [-0.25, -0.2) is 4.79 Å². The maximum absolute atomic E-state index is 10.3. The van der Waals surface area contributed by atoms with Gasteiger partial charge in [0.2, 0.25) is 0 Å². The normalized spacial score (nSPS) is 7.33. The first-order valence-electron chi connectivity index (χ1n) is 2.20. The molecule has 0 atom stereocenters. The Kier molecular flexibility index (Phi) is 10.3. The maximum Gasteiger partial charge on any atom is 0.349 e. The van der Waals surface area contributed by atoms with Gasteiger partial charge in [-0.05, 0) is 6.92 Å². The number of carbonyl (C=O) groups excluding carboxylic acids is 1. The van der Waals surface area contributed by atoms with Gasteiger partial charge in [-0.15, -0.1) is 0 Å². The first-order chi connectivity index (χ1) is 3.68. The van der Waals surface area contributed by atoms with Crippen molar-refractivity contribution in [3.05, 3.63) is 11.6 Å². The molecule has 0 aromatic rings. The van der Waals surface area contributed by atoms with Crippen molar-refractivity contribution in [1.29, 1.82) is 0 Å². The van der Waals surface area contributed by atoms with Crippen LogP contribution in [0.3, 0.4) is 0 Å². The van der Waals surface area contributed by atoms with Crippen LogP contribution in [0.1, 0.15) is 6.92 Å². The van der Waals surface area contributed by atoms with E-state index in [2.05, 4.69) is 11.3 Å². The van der Waals surface area contributed by atoms with Crippen LogP contribution < -0.4 is 0 Å². The van der Waals surface area contributed by atoms with E-state index in [1.54, 1.807) is 6.92 Å². The van der Waals surface area contributed by atoms with E-state index in [1.165, 1.54) is 0 Å². The van der Waals surface area contributed by atoms with Crippen molar-refractivity contribution in [2.75, 3.05) is 6.61 Å². The Bertz CT molecular complexity index is 114. The van der Waals surface area contributed by atoms with E-state index in [0.29, 0.717) is 6.61 Å². The van der Waals surface area contributed by atoms with Crippen LogP contribution >= 0.6 is 11.6 Å². The first kappa shape index (κ1) is 12.8. The summed E-state index contributed by atoms with van der Waals surface area (Å²) in [4.78, 5) is 10.3. The van der Waals surface area contributed by atoms with Crippen molar-refractivity contribution < 1.29 is 9.53 Å². The fourth-order valence-electron chi connectivity index (χ4n) is 0.209. The summed E-state index contributed by atoms with van der Waals surface area (Å²) in [6.45, 7) is 5.21. The number of hydrogen-bond donors (Lipinski definition) is 0.